The predicted octanol–water partition coefficient (Wildman–Crippen LogP) is 2.86. The standard InChI is InChI=1S/C21H21ClF2N4O3S/c1-2-31-21(30)17-15(9-28-8-14(24)16(29)10-28)26-19(20-25-5-6-32-20)27-18(17)12-4-3-11(23)7-13(12)22/h3-7,14,16,18,29H,2,8-10H2,1H3,(H,26,27)/t14?,16?,18-/m0/s1. The number of carbonyl (C=O) groups excluding carboxylic acids is 1. The molecule has 2 aliphatic rings. The van der Waals surface area contributed by atoms with E-state index >= 15 is 0 Å². The van der Waals surface area contributed by atoms with E-state index in [1.54, 1.807) is 23.4 Å². The maximum absolute atomic E-state index is 13.9. The van der Waals surface area contributed by atoms with Crippen molar-refractivity contribution < 1.29 is 23.4 Å². The molecule has 2 aliphatic heterocycles. The first-order valence-electron chi connectivity index (χ1n) is 10.0. The molecule has 0 bridgehead atoms. The van der Waals surface area contributed by atoms with Crippen molar-refractivity contribution in [3.05, 3.63) is 62.5 Å². The number of aliphatic hydroxyl groups excluding tert-OH is 1. The number of hydrogen-bond donors (Lipinski definition) is 2. The molecule has 2 aromatic rings. The molecule has 1 fully saturated rings. The Kier molecular flexibility index (Phi) is 6.85. The van der Waals surface area contributed by atoms with Crippen LogP contribution in [-0.4, -0.2) is 65.3 Å². The first kappa shape index (κ1) is 22.8. The number of ether oxygens (including phenoxy) is 1. The van der Waals surface area contributed by atoms with Gasteiger partial charge in [-0.15, -0.1) is 11.3 Å². The minimum Gasteiger partial charge on any atom is -0.463 e. The summed E-state index contributed by atoms with van der Waals surface area (Å²) in [6, 6.07) is 3.00. The molecule has 0 saturated carbocycles. The number of nitrogens with zero attached hydrogens (tertiary/aromatic N) is 3. The van der Waals surface area contributed by atoms with Gasteiger partial charge in [-0.1, -0.05) is 17.7 Å². The Morgan fingerprint density at radius 1 is 1.44 bits per heavy atom. The molecule has 0 spiro atoms. The lowest BCUT2D eigenvalue weighted by Gasteiger charge is -2.29. The number of alkyl halides is 1. The molecule has 0 radical (unpaired) electrons. The van der Waals surface area contributed by atoms with Crippen molar-refractivity contribution >= 4 is 34.7 Å². The van der Waals surface area contributed by atoms with Gasteiger partial charge in [-0.3, -0.25) is 9.89 Å². The van der Waals surface area contributed by atoms with Crippen molar-refractivity contribution in [1.82, 2.24) is 15.2 Å². The van der Waals surface area contributed by atoms with Gasteiger partial charge in [-0.2, -0.15) is 0 Å². The maximum atomic E-state index is 13.9. The predicted molar refractivity (Wildman–Crippen MR) is 117 cm³/mol. The normalized spacial score (nSPS) is 23.8. The second-order valence-corrected chi connectivity index (χ2v) is 8.70. The van der Waals surface area contributed by atoms with Gasteiger partial charge in [0.2, 0.25) is 0 Å². The molecule has 11 heteroatoms. The second kappa shape index (κ2) is 9.62. The number of likely N-dealkylation sites (tertiary alicyclic amines) is 1. The van der Waals surface area contributed by atoms with Crippen molar-refractivity contribution in [3.63, 3.8) is 0 Å². The summed E-state index contributed by atoms with van der Waals surface area (Å²) in [5, 5.41) is 15.4. The largest absolute Gasteiger partial charge is 0.463 e. The van der Waals surface area contributed by atoms with E-state index in [9.17, 15) is 18.7 Å². The van der Waals surface area contributed by atoms with Crippen molar-refractivity contribution in [3.8, 4) is 0 Å². The minimum absolute atomic E-state index is 0.0220. The number of aliphatic hydroxyl groups is 1. The molecular weight excluding hydrogens is 462 g/mol. The van der Waals surface area contributed by atoms with Crippen LogP contribution in [0.5, 0.6) is 0 Å². The number of halogens is 3. The van der Waals surface area contributed by atoms with Gasteiger partial charge in [0, 0.05) is 47.5 Å². The molecule has 1 aromatic carbocycles. The lowest BCUT2D eigenvalue weighted by Crippen LogP contribution is -2.39. The smallest absolute Gasteiger partial charge is 0.338 e. The second-order valence-electron chi connectivity index (χ2n) is 7.40. The Labute approximate surface area is 192 Å². The number of nitrogens with one attached hydrogen (secondary N) is 1. The van der Waals surface area contributed by atoms with Crippen LogP contribution in [0.4, 0.5) is 8.78 Å². The SMILES string of the molecule is CCOC(=O)C1=C(CN2CC(O)C(F)C2)NC(c2nccs2)=N[C@H]1c1ccc(F)cc1Cl. The Hall–Kier alpha value is -2.40. The summed E-state index contributed by atoms with van der Waals surface area (Å²) in [5.41, 5.74) is 1.06. The maximum Gasteiger partial charge on any atom is 0.338 e. The summed E-state index contributed by atoms with van der Waals surface area (Å²) in [5.74, 6) is -0.720. The van der Waals surface area contributed by atoms with Gasteiger partial charge in [0.1, 0.15) is 18.0 Å². The van der Waals surface area contributed by atoms with Gasteiger partial charge in [0.25, 0.3) is 0 Å². The zero-order valence-corrected chi connectivity index (χ0v) is 18.7. The van der Waals surface area contributed by atoms with Gasteiger partial charge in [0.15, 0.2) is 10.8 Å². The first-order valence-corrected chi connectivity index (χ1v) is 11.3. The Morgan fingerprint density at radius 3 is 2.88 bits per heavy atom. The molecule has 3 heterocycles. The molecule has 4 rings (SSSR count). The quantitative estimate of drug-likeness (QED) is 0.616. The summed E-state index contributed by atoms with van der Waals surface area (Å²) in [4.78, 5) is 23.7. The molecule has 2 unspecified atom stereocenters. The van der Waals surface area contributed by atoms with Gasteiger partial charge in [0.05, 0.1) is 18.3 Å². The van der Waals surface area contributed by atoms with Gasteiger partial charge >= 0.3 is 5.97 Å². The lowest BCUT2D eigenvalue weighted by molar-refractivity contribution is -0.139. The van der Waals surface area contributed by atoms with Crippen LogP contribution in [0.3, 0.4) is 0 Å². The van der Waals surface area contributed by atoms with Crippen LogP contribution in [0, 0.1) is 5.82 Å². The number of aliphatic imine (C=N–C) groups is 1. The number of thiazole rings is 1. The van der Waals surface area contributed by atoms with Crippen LogP contribution in [0.25, 0.3) is 0 Å². The number of esters is 1. The summed E-state index contributed by atoms with van der Waals surface area (Å²) in [6.45, 7) is 2.11. The Balaban J connectivity index is 1.81. The van der Waals surface area contributed by atoms with E-state index in [2.05, 4.69) is 15.3 Å². The van der Waals surface area contributed by atoms with E-state index in [4.69, 9.17) is 16.3 Å². The molecule has 170 valence electrons. The van der Waals surface area contributed by atoms with Crippen LogP contribution in [-0.2, 0) is 9.53 Å². The summed E-state index contributed by atoms with van der Waals surface area (Å²) in [6.07, 6.45) is -0.849. The highest BCUT2D eigenvalue weighted by Crippen LogP contribution is 2.37. The zero-order valence-electron chi connectivity index (χ0n) is 17.1. The van der Waals surface area contributed by atoms with E-state index in [1.807, 2.05) is 0 Å². The number of rotatable bonds is 6. The number of benzene rings is 1. The van der Waals surface area contributed by atoms with Gasteiger partial charge < -0.3 is 15.2 Å². The highest BCUT2D eigenvalue weighted by molar-refractivity contribution is 7.11. The van der Waals surface area contributed by atoms with Gasteiger partial charge in [-0.25, -0.2) is 18.6 Å². The number of carbonyl (C=O) groups is 1. The van der Waals surface area contributed by atoms with E-state index in [0.29, 0.717) is 22.1 Å². The van der Waals surface area contributed by atoms with Crippen LogP contribution >= 0.6 is 22.9 Å². The Morgan fingerprint density at radius 2 is 2.25 bits per heavy atom. The van der Waals surface area contributed by atoms with E-state index in [1.165, 1.54) is 23.5 Å². The molecule has 1 aromatic heterocycles. The third kappa shape index (κ3) is 4.68. The lowest BCUT2D eigenvalue weighted by atomic mass is 9.95. The minimum atomic E-state index is -1.38. The number of amidine groups is 1. The van der Waals surface area contributed by atoms with Crippen LogP contribution in [0.2, 0.25) is 5.02 Å². The third-order valence-corrected chi connectivity index (χ3v) is 6.30. The zero-order chi connectivity index (χ0) is 22.8. The van der Waals surface area contributed by atoms with Crippen LogP contribution in [0.15, 0.2) is 46.0 Å². The monoisotopic (exact) mass is 482 g/mol. The molecule has 1 saturated heterocycles. The van der Waals surface area contributed by atoms with Crippen molar-refractivity contribution in [2.75, 3.05) is 26.2 Å². The molecule has 3 atom stereocenters. The summed E-state index contributed by atoms with van der Waals surface area (Å²) in [7, 11) is 0. The fourth-order valence-electron chi connectivity index (χ4n) is 3.74. The highest BCUT2D eigenvalue weighted by atomic mass is 35.5. The third-order valence-electron chi connectivity index (χ3n) is 5.19. The number of aromatic nitrogens is 1. The van der Waals surface area contributed by atoms with Crippen molar-refractivity contribution in [2.45, 2.75) is 25.2 Å². The van der Waals surface area contributed by atoms with Crippen LogP contribution < -0.4 is 5.32 Å². The summed E-state index contributed by atoms with van der Waals surface area (Å²) >= 11 is 7.68. The molecule has 0 amide bonds. The van der Waals surface area contributed by atoms with Crippen molar-refractivity contribution in [2.24, 2.45) is 4.99 Å². The van der Waals surface area contributed by atoms with Crippen LogP contribution in [0.1, 0.15) is 23.5 Å². The molecular formula is C21H21ClF2N4O3S. The first-order chi connectivity index (χ1) is 15.4. The average molecular weight is 483 g/mol. The number of β-amino-alcohol motifs (C(OH)–C–C–N with tert-alkyl or cyclic N) is 1. The summed E-state index contributed by atoms with van der Waals surface area (Å²) < 4.78 is 32.9. The van der Waals surface area contributed by atoms with E-state index in [0.717, 1.165) is 6.07 Å². The van der Waals surface area contributed by atoms with E-state index < -0.39 is 30.1 Å². The fraction of sp³-hybridized carbons (Fsp3) is 0.381. The highest BCUT2D eigenvalue weighted by Gasteiger charge is 2.37. The molecule has 7 nitrogen and oxygen atoms in total. The molecule has 32 heavy (non-hydrogen) atoms. The topological polar surface area (TPSA) is 87.0 Å². The van der Waals surface area contributed by atoms with Crippen molar-refractivity contribution in [1.29, 1.82) is 0 Å². The molecule has 2 N–H and O–H groups in total. The average Bonchev–Trinajstić information content (AvgIpc) is 3.38. The fourth-order valence-corrected chi connectivity index (χ4v) is 4.60. The van der Waals surface area contributed by atoms with E-state index in [-0.39, 0.29) is 36.8 Å². The van der Waals surface area contributed by atoms with Gasteiger partial charge in [-0.05, 0) is 19.1 Å². The Bertz CT molecular complexity index is 1050. The number of hydrogen-bond acceptors (Lipinski definition) is 8. The molecule has 0 aliphatic carbocycles.